The van der Waals surface area contributed by atoms with Crippen molar-refractivity contribution in [3.8, 4) is 18.1 Å². The third-order valence-electron chi connectivity index (χ3n) is 2.32. The van der Waals surface area contributed by atoms with Crippen molar-refractivity contribution >= 4 is 27.4 Å². The fraction of sp³-hybridized carbons (Fsp3) is 0.308. The van der Waals surface area contributed by atoms with E-state index >= 15 is 0 Å². The first kappa shape index (κ1) is 15.2. The molecule has 0 aliphatic rings. The summed E-state index contributed by atoms with van der Waals surface area (Å²) in [7, 11) is 0. The van der Waals surface area contributed by atoms with Crippen LogP contribution in [0.4, 0.5) is 5.69 Å². The van der Waals surface area contributed by atoms with E-state index in [1.54, 1.807) is 0 Å². The molecular weight excluding hydrogens is 314 g/mol. The Kier molecular flexibility index (Phi) is 5.52. The van der Waals surface area contributed by atoms with Gasteiger partial charge in [-0.2, -0.15) is 0 Å². The number of carbonyl (C=O) groups is 1. The van der Waals surface area contributed by atoms with Crippen LogP contribution >= 0.6 is 15.9 Å². The minimum Gasteiger partial charge on any atom is -0.486 e. The number of unbranched alkanes of at least 4 members (excludes halogenated alkanes) is 1. The van der Waals surface area contributed by atoms with Gasteiger partial charge in [-0.15, -0.1) is 12.3 Å². The van der Waals surface area contributed by atoms with Gasteiger partial charge >= 0.3 is 5.69 Å². The number of hydrogen-bond acceptors (Lipinski definition) is 4. The molecule has 0 heterocycles. The minimum absolute atomic E-state index is 0.00211. The zero-order valence-corrected chi connectivity index (χ0v) is 11.9. The van der Waals surface area contributed by atoms with E-state index in [-0.39, 0.29) is 29.4 Å². The smallest absolute Gasteiger partial charge is 0.312 e. The van der Waals surface area contributed by atoms with Gasteiger partial charge in [0, 0.05) is 17.0 Å². The zero-order valence-electron chi connectivity index (χ0n) is 10.3. The average molecular weight is 326 g/mol. The van der Waals surface area contributed by atoms with E-state index in [0.717, 1.165) is 0 Å². The second kappa shape index (κ2) is 6.90. The van der Waals surface area contributed by atoms with Gasteiger partial charge in [0.2, 0.25) is 5.75 Å². The summed E-state index contributed by atoms with van der Waals surface area (Å²) < 4.78 is 5.83. The number of nitrogens with zero attached hydrogens (tertiary/aromatic N) is 1. The Balaban J connectivity index is 3.13. The topological polar surface area (TPSA) is 69.4 Å². The van der Waals surface area contributed by atoms with E-state index in [4.69, 9.17) is 11.2 Å². The largest absolute Gasteiger partial charge is 0.486 e. The molecule has 0 amide bonds. The van der Waals surface area contributed by atoms with Crippen LogP contribution in [0.2, 0.25) is 0 Å². The van der Waals surface area contributed by atoms with Gasteiger partial charge < -0.3 is 4.74 Å². The van der Waals surface area contributed by atoms with E-state index in [9.17, 15) is 14.9 Å². The maximum Gasteiger partial charge on any atom is 0.312 e. The molecule has 0 spiro atoms. The van der Waals surface area contributed by atoms with Gasteiger partial charge in [-0.25, -0.2) is 0 Å². The molecule has 0 aliphatic heterocycles. The molecule has 100 valence electrons. The summed E-state index contributed by atoms with van der Waals surface area (Å²) in [6.45, 7) is 1.56. The first-order chi connectivity index (χ1) is 8.97. The van der Waals surface area contributed by atoms with Crippen LogP contribution in [0.3, 0.4) is 0 Å². The van der Waals surface area contributed by atoms with Crippen LogP contribution in [0.5, 0.6) is 5.75 Å². The Morgan fingerprint density at radius 2 is 2.26 bits per heavy atom. The second-order valence-corrected chi connectivity index (χ2v) is 4.69. The van der Waals surface area contributed by atoms with Crippen molar-refractivity contribution in [3.05, 3.63) is 32.3 Å². The first-order valence-electron chi connectivity index (χ1n) is 5.52. The van der Waals surface area contributed by atoms with Crippen molar-refractivity contribution in [2.75, 3.05) is 6.61 Å². The number of Topliss-reactive ketones (excluding diaryl/α,β-unsaturated/α-hetero) is 1. The molecule has 0 N–H and O–H groups in total. The van der Waals surface area contributed by atoms with Gasteiger partial charge in [0.25, 0.3) is 0 Å². The van der Waals surface area contributed by atoms with Crippen molar-refractivity contribution in [1.82, 2.24) is 0 Å². The van der Waals surface area contributed by atoms with Crippen LogP contribution in [-0.4, -0.2) is 17.3 Å². The molecule has 19 heavy (non-hydrogen) atoms. The van der Waals surface area contributed by atoms with Gasteiger partial charge in [0.1, 0.15) is 0 Å². The summed E-state index contributed by atoms with van der Waals surface area (Å²) in [6, 6.07) is 2.81. The third-order valence-corrected chi connectivity index (χ3v) is 2.78. The Bertz CT molecular complexity index is 513. The van der Waals surface area contributed by atoms with Crippen LogP contribution in [0.1, 0.15) is 30.1 Å². The average Bonchev–Trinajstić information content (AvgIpc) is 2.34. The normalized spacial score (nSPS) is 9.74. The predicted octanol–water partition coefficient (Wildman–Crippen LogP) is 3.35. The Hall–Kier alpha value is -1.87. The predicted molar refractivity (Wildman–Crippen MR) is 74.4 cm³/mol. The van der Waals surface area contributed by atoms with E-state index in [2.05, 4.69) is 21.9 Å². The highest BCUT2D eigenvalue weighted by Gasteiger charge is 2.23. The van der Waals surface area contributed by atoms with Crippen LogP contribution in [0.15, 0.2) is 16.6 Å². The molecule has 6 heteroatoms. The van der Waals surface area contributed by atoms with Gasteiger partial charge in [-0.3, -0.25) is 14.9 Å². The molecular formula is C13H12BrNO4. The highest BCUT2D eigenvalue weighted by molar-refractivity contribution is 9.10. The zero-order chi connectivity index (χ0) is 14.4. The van der Waals surface area contributed by atoms with Gasteiger partial charge in [-0.1, -0.05) is 15.9 Å². The number of hydrogen-bond donors (Lipinski definition) is 0. The number of ether oxygens (including phenoxy) is 1. The number of terminal acetylenes is 1. The standard InChI is InChI=1S/C13H12BrNO4/c1-3-4-5-6-19-13-11(9(2)16)7-10(14)8-12(13)15(17)18/h1,7-8H,4-6H2,2H3. The van der Waals surface area contributed by atoms with Crippen molar-refractivity contribution in [3.63, 3.8) is 0 Å². The molecule has 0 bridgehead atoms. The third kappa shape index (κ3) is 4.07. The molecule has 0 aromatic heterocycles. The number of ketones is 1. The van der Waals surface area contributed by atoms with Crippen molar-refractivity contribution < 1.29 is 14.5 Å². The molecule has 1 aromatic carbocycles. The van der Waals surface area contributed by atoms with Crippen LogP contribution in [0, 0.1) is 22.5 Å². The maximum absolute atomic E-state index is 11.5. The molecule has 0 saturated carbocycles. The lowest BCUT2D eigenvalue weighted by atomic mass is 10.1. The maximum atomic E-state index is 11.5. The fourth-order valence-corrected chi connectivity index (χ4v) is 1.92. The number of nitro benzene ring substituents is 1. The Labute approximate surface area is 119 Å². The van der Waals surface area contributed by atoms with E-state index < -0.39 is 4.92 Å². The molecule has 0 saturated heterocycles. The van der Waals surface area contributed by atoms with E-state index in [1.807, 2.05) is 0 Å². The summed E-state index contributed by atoms with van der Waals surface area (Å²) >= 11 is 3.14. The van der Waals surface area contributed by atoms with Crippen LogP contribution in [0.25, 0.3) is 0 Å². The molecule has 5 nitrogen and oxygen atoms in total. The van der Waals surface area contributed by atoms with Gasteiger partial charge in [-0.05, 0) is 19.4 Å². The van der Waals surface area contributed by atoms with Crippen molar-refractivity contribution in [2.45, 2.75) is 19.8 Å². The molecule has 0 unspecified atom stereocenters. The highest BCUT2D eigenvalue weighted by atomic mass is 79.9. The van der Waals surface area contributed by atoms with Crippen LogP contribution in [-0.2, 0) is 0 Å². The van der Waals surface area contributed by atoms with E-state index in [0.29, 0.717) is 17.3 Å². The Morgan fingerprint density at radius 3 is 2.79 bits per heavy atom. The molecule has 1 aromatic rings. The highest BCUT2D eigenvalue weighted by Crippen LogP contribution is 2.35. The van der Waals surface area contributed by atoms with Crippen molar-refractivity contribution in [2.24, 2.45) is 0 Å². The molecule has 0 aliphatic carbocycles. The number of halogens is 1. The molecule has 1 rings (SSSR count). The van der Waals surface area contributed by atoms with Gasteiger partial charge in [0.15, 0.2) is 5.78 Å². The summed E-state index contributed by atoms with van der Waals surface area (Å²) in [5.41, 5.74) is -0.0536. The monoisotopic (exact) mass is 325 g/mol. The van der Waals surface area contributed by atoms with Crippen LogP contribution < -0.4 is 4.74 Å². The minimum atomic E-state index is -0.576. The molecule has 0 fully saturated rings. The fourth-order valence-electron chi connectivity index (χ4n) is 1.48. The molecule has 0 atom stereocenters. The lowest BCUT2D eigenvalue weighted by molar-refractivity contribution is -0.386. The van der Waals surface area contributed by atoms with Gasteiger partial charge in [0.05, 0.1) is 17.1 Å². The summed E-state index contributed by atoms with van der Waals surface area (Å²) in [5.74, 6) is 2.15. The Morgan fingerprint density at radius 1 is 1.58 bits per heavy atom. The first-order valence-corrected chi connectivity index (χ1v) is 6.31. The number of benzene rings is 1. The summed E-state index contributed by atoms with van der Waals surface area (Å²) in [6.07, 6.45) is 6.19. The number of carbonyl (C=O) groups excluding carboxylic acids is 1. The summed E-state index contributed by atoms with van der Waals surface area (Å²) in [5, 5.41) is 11.0. The SMILES string of the molecule is C#CCCCOc1c(C(C)=O)cc(Br)cc1[N+](=O)[O-]. The lowest BCUT2D eigenvalue weighted by Gasteiger charge is -2.10. The van der Waals surface area contributed by atoms with E-state index in [1.165, 1.54) is 19.1 Å². The number of nitro groups is 1. The molecule has 0 radical (unpaired) electrons. The second-order valence-electron chi connectivity index (χ2n) is 3.77. The lowest BCUT2D eigenvalue weighted by Crippen LogP contribution is -2.06. The number of rotatable bonds is 6. The quantitative estimate of drug-likeness (QED) is 0.264. The summed E-state index contributed by atoms with van der Waals surface area (Å²) in [4.78, 5) is 21.9. The van der Waals surface area contributed by atoms with Crippen molar-refractivity contribution in [1.29, 1.82) is 0 Å².